The quantitative estimate of drug-likeness (QED) is 0.903. The third kappa shape index (κ3) is 3.27. The number of carbonyl (C=O) groups is 2. The number of nitrogens with zero attached hydrogens (tertiary/aromatic N) is 2. The van der Waals surface area contributed by atoms with Crippen LogP contribution in [0.15, 0.2) is 59.7 Å². The molecule has 0 aromatic heterocycles. The highest BCUT2D eigenvalue weighted by molar-refractivity contribution is 6.44. The zero-order valence-corrected chi connectivity index (χ0v) is 13.3. The SMILES string of the molecule is Cc1ccc(N2N=C(C(=O)Nc3ccccc3)CC2C(N)=O)cc1. The minimum atomic E-state index is -0.663. The van der Waals surface area contributed by atoms with Gasteiger partial charge in [-0.15, -0.1) is 0 Å². The Kier molecular flexibility index (Phi) is 4.29. The Morgan fingerprint density at radius 2 is 1.79 bits per heavy atom. The van der Waals surface area contributed by atoms with Crippen molar-refractivity contribution in [3.05, 3.63) is 60.2 Å². The first-order chi connectivity index (χ1) is 11.5. The summed E-state index contributed by atoms with van der Waals surface area (Å²) in [5.41, 5.74) is 8.27. The molecule has 0 bridgehead atoms. The average molecular weight is 322 g/mol. The number of hydrogen-bond acceptors (Lipinski definition) is 4. The summed E-state index contributed by atoms with van der Waals surface area (Å²) < 4.78 is 0. The summed E-state index contributed by atoms with van der Waals surface area (Å²) in [6, 6.07) is 16.0. The van der Waals surface area contributed by atoms with Crippen LogP contribution in [0.5, 0.6) is 0 Å². The van der Waals surface area contributed by atoms with Crippen molar-refractivity contribution in [1.82, 2.24) is 0 Å². The lowest BCUT2D eigenvalue weighted by atomic mass is 10.1. The maximum absolute atomic E-state index is 12.4. The summed E-state index contributed by atoms with van der Waals surface area (Å²) in [6.07, 6.45) is 0.182. The average Bonchev–Trinajstić information content (AvgIpc) is 3.02. The molecule has 0 radical (unpaired) electrons. The van der Waals surface area contributed by atoms with E-state index in [-0.39, 0.29) is 18.0 Å². The molecule has 2 aromatic rings. The van der Waals surface area contributed by atoms with Crippen molar-refractivity contribution >= 4 is 28.9 Å². The van der Waals surface area contributed by atoms with Gasteiger partial charge >= 0.3 is 0 Å². The number of amides is 2. The van der Waals surface area contributed by atoms with E-state index >= 15 is 0 Å². The smallest absolute Gasteiger partial charge is 0.271 e. The number of rotatable bonds is 4. The van der Waals surface area contributed by atoms with E-state index in [0.717, 1.165) is 11.3 Å². The lowest BCUT2D eigenvalue weighted by Gasteiger charge is -2.20. The fourth-order valence-corrected chi connectivity index (χ4v) is 2.53. The van der Waals surface area contributed by atoms with Crippen LogP contribution in [0, 0.1) is 6.92 Å². The Hall–Kier alpha value is -3.15. The summed E-state index contributed by atoms with van der Waals surface area (Å²) in [5.74, 6) is -0.844. The van der Waals surface area contributed by atoms with Gasteiger partial charge in [0.25, 0.3) is 5.91 Å². The van der Waals surface area contributed by atoms with Gasteiger partial charge in [0.1, 0.15) is 11.8 Å². The molecule has 0 aliphatic carbocycles. The topological polar surface area (TPSA) is 87.8 Å². The van der Waals surface area contributed by atoms with Crippen molar-refractivity contribution in [2.24, 2.45) is 10.8 Å². The van der Waals surface area contributed by atoms with Gasteiger partial charge in [0, 0.05) is 12.1 Å². The fourth-order valence-electron chi connectivity index (χ4n) is 2.53. The molecule has 1 unspecified atom stereocenters. The van der Waals surface area contributed by atoms with Crippen molar-refractivity contribution in [3.63, 3.8) is 0 Å². The van der Waals surface area contributed by atoms with Crippen LogP contribution in [0.25, 0.3) is 0 Å². The number of nitrogens with one attached hydrogen (secondary N) is 1. The van der Waals surface area contributed by atoms with E-state index in [0.29, 0.717) is 5.69 Å². The van der Waals surface area contributed by atoms with Gasteiger partial charge in [0.15, 0.2) is 0 Å². The van der Waals surface area contributed by atoms with Crippen molar-refractivity contribution in [2.75, 3.05) is 10.3 Å². The molecule has 2 aromatic carbocycles. The van der Waals surface area contributed by atoms with Crippen LogP contribution in [-0.4, -0.2) is 23.6 Å². The van der Waals surface area contributed by atoms with E-state index in [4.69, 9.17) is 5.73 Å². The van der Waals surface area contributed by atoms with Gasteiger partial charge in [-0.3, -0.25) is 14.6 Å². The maximum Gasteiger partial charge on any atom is 0.271 e. The molecular weight excluding hydrogens is 304 g/mol. The third-order valence-corrected chi connectivity index (χ3v) is 3.83. The summed E-state index contributed by atoms with van der Waals surface area (Å²) in [6.45, 7) is 1.97. The highest BCUT2D eigenvalue weighted by Crippen LogP contribution is 2.25. The number of anilines is 2. The molecule has 0 saturated carbocycles. The van der Waals surface area contributed by atoms with Gasteiger partial charge < -0.3 is 11.1 Å². The first-order valence-corrected chi connectivity index (χ1v) is 7.63. The highest BCUT2D eigenvalue weighted by atomic mass is 16.2. The molecule has 0 fully saturated rings. The highest BCUT2D eigenvalue weighted by Gasteiger charge is 2.34. The number of para-hydroxylation sites is 1. The lowest BCUT2D eigenvalue weighted by Crippen LogP contribution is -2.39. The van der Waals surface area contributed by atoms with Crippen molar-refractivity contribution in [3.8, 4) is 0 Å². The van der Waals surface area contributed by atoms with Crippen LogP contribution in [-0.2, 0) is 9.59 Å². The molecule has 3 N–H and O–H groups in total. The number of primary amides is 1. The van der Waals surface area contributed by atoms with Gasteiger partial charge in [-0.1, -0.05) is 35.9 Å². The van der Waals surface area contributed by atoms with Crippen LogP contribution in [0.3, 0.4) is 0 Å². The summed E-state index contributed by atoms with van der Waals surface area (Å²) in [4.78, 5) is 24.1. The number of benzene rings is 2. The summed E-state index contributed by atoms with van der Waals surface area (Å²) in [5, 5.41) is 8.62. The first-order valence-electron chi connectivity index (χ1n) is 7.63. The van der Waals surface area contributed by atoms with Gasteiger partial charge in [0.2, 0.25) is 5.91 Å². The van der Waals surface area contributed by atoms with E-state index in [9.17, 15) is 9.59 Å². The van der Waals surface area contributed by atoms with Crippen molar-refractivity contribution < 1.29 is 9.59 Å². The standard InChI is InChI=1S/C18H18N4O2/c1-12-7-9-14(10-8-12)22-16(17(19)23)11-15(21-22)18(24)20-13-5-3-2-4-6-13/h2-10,16H,11H2,1H3,(H2,19,23)(H,20,24). The Balaban J connectivity index is 1.83. The van der Waals surface area contributed by atoms with Gasteiger partial charge in [-0.2, -0.15) is 5.10 Å². The van der Waals surface area contributed by atoms with E-state index in [1.54, 1.807) is 12.1 Å². The molecule has 3 rings (SSSR count). The number of aryl methyl sites for hydroxylation is 1. The predicted octanol–water partition coefficient (Wildman–Crippen LogP) is 2.05. The summed E-state index contributed by atoms with van der Waals surface area (Å²) in [7, 11) is 0. The van der Waals surface area contributed by atoms with Crippen LogP contribution >= 0.6 is 0 Å². The number of carbonyl (C=O) groups excluding carboxylic acids is 2. The van der Waals surface area contributed by atoms with Crippen LogP contribution in [0.2, 0.25) is 0 Å². The molecule has 1 atom stereocenters. The number of nitrogens with two attached hydrogens (primary N) is 1. The molecule has 6 heteroatoms. The second-order valence-corrected chi connectivity index (χ2v) is 5.67. The van der Waals surface area contributed by atoms with Crippen LogP contribution < -0.4 is 16.1 Å². The molecule has 122 valence electrons. The van der Waals surface area contributed by atoms with E-state index < -0.39 is 11.9 Å². The van der Waals surface area contributed by atoms with E-state index in [2.05, 4.69) is 10.4 Å². The van der Waals surface area contributed by atoms with E-state index in [1.165, 1.54) is 5.01 Å². The molecule has 6 nitrogen and oxygen atoms in total. The van der Waals surface area contributed by atoms with Crippen molar-refractivity contribution in [2.45, 2.75) is 19.4 Å². The number of hydrazone groups is 1. The van der Waals surface area contributed by atoms with Crippen LogP contribution in [0.1, 0.15) is 12.0 Å². The normalized spacial score (nSPS) is 16.6. The molecule has 2 amide bonds. The van der Waals surface area contributed by atoms with E-state index in [1.807, 2.05) is 49.4 Å². The minimum Gasteiger partial charge on any atom is -0.368 e. The fraction of sp³-hybridized carbons (Fsp3) is 0.167. The molecule has 0 saturated heterocycles. The van der Waals surface area contributed by atoms with Gasteiger partial charge in [-0.05, 0) is 31.2 Å². The first kappa shape index (κ1) is 15.7. The Bertz CT molecular complexity index is 784. The molecule has 1 aliphatic heterocycles. The zero-order valence-electron chi connectivity index (χ0n) is 13.3. The Labute approximate surface area is 140 Å². The summed E-state index contributed by atoms with van der Waals surface area (Å²) >= 11 is 0. The van der Waals surface area contributed by atoms with Crippen molar-refractivity contribution in [1.29, 1.82) is 0 Å². The van der Waals surface area contributed by atoms with Gasteiger partial charge in [0.05, 0.1) is 5.69 Å². The second-order valence-electron chi connectivity index (χ2n) is 5.67. The molecule has 1 heterocycles. The minimum absolute atomic E-state index is 0.182. The van der Waals surface area contributed by atoms with Crippen LogP contribution in [0.4, 0.5) is 11.4 Å². The second kappa shape index (κ2) is 6.54. The lowest BCUT2D eigenvalue weighted by molar-refractivity contribution is -0.119. The molecule has 1 aliphatic rings. The third-order valence-electron chi connectivity index (χ3n) is 3.83. The monoisotopic (exact) mass is 322 g/mol. The Morgan fingerprint density at radius 1 is 1.12 bits per heavy atom. The molecular formula is C18H18N4O2. The molecule has 24 heavy (non-hydrogen) atoms. The Morgan fingerprint density at radius 3 is 2.42 bits per heavy atom. The molecule has 0 spiro atoms. The zero-order chi connectivity index (χ0) is 17.1. The maximum atomic E-state index is 12.4. The number of hydrogen-bond donors (Lipinski definition) is 2. The predicted molar refractivity (Wildman–Crippen MR) is 93.8 cm³/mol. The largest absolute Gasteiger partial charge is 0.368 e. The van der Waals surface area contributed by atoms with Gasteiger partial charge in [-0.25, -0.2) is 0 Å².